The van der Waals surface area contributed by atoms with Crippen molar-refractivity contribution < 1.29 is 15.0 Å². The van der Waals surface area contributed by atoms with Gasteiger partial charge in [0.15, 0.2) is 0 Å². The monoisotopic (exact) mass is 188 g/mol. The third kappa shape index (κ3) is 3.20. The van der Waals surface area contributed by atoms with Crippen molar-refractivity contribution >= 4 is 6.09 Å². The Balaban J connectivity index is 2.29. The van der Waals surface area contributed by atoms with Crippen LogP contribution in [0.2, 0.25) is 0 Å². The normalized spacial score (nSPS) is 23.2. The standard InChI is InChI=1S/C8H16N2O3/c11-5-1-2-7-6-10(8(12)13)4-3-9-7/h7,9,11H,1-6H2,(H,12,13)/t7-/m1/s1. The highest BCUT2D eigenvalue weighted by atomic mass is 16.4. The molecule has 1 aliphatic rings. The molecule has 76 valence electrons. The van der Waals surface area contributed by atoms with Crippen LogP contribution in [-0.4, -0.2) is 53.5 Å². The van der Waals surface area contributed by atoms with Gasteiger partial charge in [0.25, 0.3) is 0 Å². The van der Waals surface area contributed by atoms with Gasteiger partial charge in [-0.15, -0.1) is 0 Å². The topological polar surface area (TPSA) is 72.8 Å². The maximum absolute atomic E-state index is 10.6. The van der Waals surface area contributed by atoms with E-state index >= 15 is 0 Å². The summed E-state index contributed by atoms with van der Waals surface area (Å²) in [4.78, 5) is 12.0. The number of nitrogens with zero attached hydrogens (tertiary/aromatic N) is 1. The third-order valence-electron chi connectivity index (χ3n) is 2.24. The Hall–Kier alpha value is -0.810. The number of aliphatic hydroxyl groups is 1. The molecule has 1 heterocycles. The molecule has 0 bridgehead atoms. The maximum atomic E-state index is 10.6. The van der Waals surface area contributed by atoms with E-state index < -0.39 is 6.09 Å². The van der Waals surface area contributed by atoms with Crippen LogP contribution in [0.15, 0.2) is 0 Å². The fraction of sp³-hybridized carbons (Fsp3) is 0.875. The van der Waals surface area contributed by atoms with Crippen molar-refractivity contribution in [2.24, 2.45) is 0 Å². The van der Waals surface area contributed by atoms with Crippen LogP contribution >= 0.6 is 0 Å². The zero-order chi connectivity index (χ0) is 9.68. The van der Waals surface area contributed by atoms with Crippen LogP contribution in [0.5, 0.6) is 0 Å². The molecule has 0 aromatic carbocycles. The molecule has 0 aromatic rings. The van der Waals surface area contributed by atoms with E-state index in [1.54, 1.807) is 0 Å². The summed E-state index contributed by atoms with van der Waals surface area (Å²) in [5, 5.41) is 20.6. The maximum Gasteiger partial charge on any atom is 0.407 e. The van der Waals surface area contributed by atoms with E-state index in [4.69, 9.17) is 10.2 Å². The van der Waals surface area contributed by atoms with Gasteiger partial charge < -0.3 is 20.4 Å². The number of rotatable bonds is 3. The highest BCUT2D eigenvalue weighted by Crippen LogP contribution is 2.04. The number of carbonyl (C=O) groups is 1. The lowest BCUT2D eigenvalue weighted by atomic mass is 10.1. The van der Waals surface area contributed by atoms with E-state index in [0.29, 0.717) is 19.6 Å². The number of carboxylic acid groups (broad SMARTS) is 1. The summed E-state index contributed by atoms with van der Waals surface area (Å²) in [5.41, 5.74) is 0. The SMILES string of the molecule is O=C(O)N1CCN[C@H](CCCO)C1. The molecular formula is C8H16N2O3. The number of piperazine rings is 1. The van der Waals surface area contributed by atoms with Crippen molar-refractivity contribution in [3.63, 3.8) is 0 Å². The van der Waals surface area contributed by atoms with Gasteiger partial charge in [0.2, 0.25) is 0 Å². The molecule has 1 atom stereocenters. The van der Waals surface area contributed by atoms with Crippen LogP contribution in [0.4, 0.5) is 4.79 Å². The first-order valence-electron chi connectivity index (χ1n) is 4.56. The second-order valence-electron chi connectivity index (χ2n) is 3.25. The average molecular weight is 188 g/mol. The molecule has 1 rings (SSSR count). The summed E-state index contributed by atoms with van der Waals surface area (Å²) in [6.45, 7) is 1.98. The highest BCUT2D eigenvalue weighted by molar-refractivity contribution is 5.65. The second-order valence-corrected chi connectivity index (χ2v) is 3.25. The molecule has 0 unspecified atom stereocenters. The molecule has 0 spiro atoms. The molecule has 0 saturated carbocycles. The quantitative estimate of drug-likeness (QED) is 0.569. The van der Waals surface area contributed by atoms with E-state index in [9.17, 15) is 4.79 Å². The molecule has 5 nitrogen and oxygen atoms in total. The Kier molecular flexibility index (Phi) is 3.98. The Morgan fingerprint density at radius 1 is 1.62 bits per heavy atom. The minimum Gasteiger partial charge on any atom is -0.465 e. The van der Waals surface area contributed by atoms with Crippen molar-refractivity contribution in [3.05, 3.63) is 0 Å². The van der Waals surface area contributed by atoms with Crippen LogP contribution in [0, 0.1) is 0 Å². The Bertz CT molecular complexity index is 175. The van der Waals surface area contributed by atoms with E-state index in [0.717, 1.165) is 12.8 Å². The van der Waals surface area contributed by atoms with Gasteiger partial charge in [0, 0.05) is 32.3 Å². The first kappa shape index (κ1) is 10.3. The number of hydrogen-bond acceptors (Lipinski definition) is 3. The largest absolute Gasteiger partial charge is 0.465 e. The van der Waals surface area contributed by atoms with E-state index in [1.165, 1.54) is 4.90 Å². The molecule has 1 saturated heterocycles. The van der Waals surface area contributed by atoms with Gasteiger partial charge in [-0.1, -0.05) is 0 Å². The lowest BCUT2D eigenvalue weighted by Gasteiger charge is -2.31. The molecular weight excluding hydrogens is 172 g/mol. The summed E-state index contributed by atoms with van der Waals surface area (Å²) in [6, 6.07) is 0.206. The van der Waals surface area contributed by atoms with E-state index in [-0.39, 0.29) is 12.6 Å². The van der Waals surface area contributed by atoms with Gasteiger partial charge >= 0.3 is 6.09 Å². The van der Waals surface area contributed by atoms with Gasteiger partial charge in [-0.05, 0) is 12.8 Å². The van der Waals surface area contributed by atoms with Crippen LogP contribution in [0.3, 0.4) is 0 Å². The van der Waals surface area contributed by atoms with Crippen molar-refractivity contribution in [3.8, 4) is 0 Å². The van der Waals surface area contributed by atoms with Crippen molar-refractivity contribution in [1.82, 2.24) is 10.2 Å². The predicted octanol–water partition coefficient (Wildman–Crippen LogP) is -0.289. The molecule has 0 aliphatic carbocycles. The molecule has 3 N–H and O–H groups in total. The zero-order valence-corrected chi connectivity index (χ0v) is 7.57. The summed E-state index contributed by atoms with van der Waals surface area (Å²) in [5.74, 6) is 0. The van der Waals surface area contributed by atoms with Crippen LogP contribution < -0.4 is 5.32 Å². The Labute approximate surface area is 77.3 Å². The average Bonchev–Trinajstić information content (AvgIpc) is 2.15. The summed E-state index contributed by atoms with van der Waals surface area (Å²) in [7, 11) is 0. The number of nitrogens with one attached hydrogen (secondary N) is 1. The van der Waals surface area contributed by atoms with Gasteiger partial charge in [-0.25, -0.2) is 4.79 Å². The Morgan fingerprint density at radius 2 is 2.38 bits per heavy atom. The lowest BCUT2D eigenvalue weighted by molar-refractivity contribution is 0.126. The molecule has 1 fully saturated rings. The van der Waals surface area contributed by atoms with Gasteiger partial charge in [0.05, 0.1) is 0 Å². The van der Waals surface area contributed by atoms with Crippen molar-refractivity contribution in [1.29, 1.82) is 0 Å². The summed E-state index contributed by atoms with van der Waals surface area (Å²) in [6.07, 6.45) is 0.710. The predicted molar refractivity (Wildman–Crippen MR) is 47.7 cm³/mol. The van der Waals surface area contributed by atoms with Crippen LogP contribution in [-0.2, 0) is 0 Å². The molecule has 1 amide bonds. The molecule has 1 aliphatic heterocycles. The fourth-order valence-corrected chi connectivity index (χ4v) is 1.53. The summed E-state index contributed by atoms with van der Waals surface area (Å²) >= 11 is 0. The van der Waals surface area contributed by atoms with Gasteiger partial charge in [-0.3, -0.25) is 0 Å². The minimum absolute atomic E-state index is 0.172. The lowest BCUT2D eigenvalue weighted by Crippen LogP contribution is -2.52. The molecule has 13 heavy (non-hydrogen) atoms. The molecule has 0 aromatic heterocycles. The van der Waals surface area contributed by atoms with Crippen LogP contribution in [0.1, 0.15) is 12.8 Å². The van der Waals surface area contributed by atoms with E-state index in [2.05, 4.69) is 5.32 Å². The fourth-order valence-electron chi connectivity index (χ4n) is 1.53. The highest BCUT2D eigenvalue weighted by Gasteiger charge is 2.21. The Morgan fingerprint density at radius 3 is 3.00 bits per heavy atom. The smallest absolute Gasteiger partial charge is 0.407 e. The first-order valence-corrected chi connectivity index (χ1v) is 4.56. The van der Waals surface area contributed by atoms with Crippen molar-refractivity contribution in [2.75, 3.05) is 26.2 Å². The number of hydrogen-bond donors (Lipinski definition) is 3. The van der Waals surface area contributed by atoms with Gasteiger partial charge in [0.1, 0.15) is 0 Å². The van der Waals surface area contributed by atoms with Crippen LogP contribution in [0.25, 0.3) is 0 Å². The third-order valence-corrected chi connectivity index (χ3v) is 2.24. The van der Waals surface area contributed by atoms with Gasteiger partial charge in [-0.2, -0.15) is 0 Å². The molecule has 0 radical (unpaired) electrons. The number of amides is 1. The summed E-state index contributed by atoms with van der Waals surface area (Å²) < 4.78 is 0. The molecule has 5 heteroatoms. The number of aliphatic hydroxyl groups excluding tert-OH is 1. The first-order chi connectivity index (χ1) is 6.24. The second kappa shape index (κ2) is 5.04. The zero-order valence-electron chi connectivity index (χ0n) is 7.57. The minimum atomic E-state index is -0.851. The van der Waals surface area contributed by atoms with Crippen molar-refractivity contribution in [2.45, 2.75) is 18.9 Å². The van der Waals surface area contributed by atoms with E-state index in [1.807, 2.05) is 0 Å².